The van der Waals surface area contributed by atoms with Gasteiger partial charge in [0.1, 0.15) is 5.71 Å². The van der Waals surface area contributed by atoms with Gasteiger partial charge in [-0.25, -0.2) is 4.98 Å². The zero-order valence-electron chi connectivity index (χ0n) is 26.3. The monoisotopic (exact) mass is 580 g/mol. The quantitative estimate of drug-likeness (QED) is 0.462. The van der Waals surface area contributed by atoms with Crippen LogP contribution in [0.1, 0.15) is 75.2 Å². The first kappa shape index (κ1) is 40.1. The second-order valence-electron chi connectivity index (χ2n) is 9.59. The average Bonchev–Trinajstić information content (AvgIpc) is 3.34. The van der Waals surface area contributed by atoms with Crippen LogP contribution in [0.5, 0.6) is 0 Å². The molecule has 8 nitrogen and oxygen atoms in total. The van der Waals surface area contributed by atoms with Crippen molar-refractivity contribution in [1.82, 2.24) is 15.2 Å². The van der Waals surface area contributed by atoms with Gasteiger partial charge >= 0.3 is 0 Å². The Morgan fingerprint density at radius 1 is 1.10 bits per heavy atom. The lowest BCUT2D eigenvalue weighted by Crippen LogP contribution is -2.35. The van der Waals surface area contributed by atoms with Crippen molar-refractivity contribution >= 4 is 22.8 Å². The normalized spacial score (nSPS) is 15.3. The maximum Gasteiger partial charge on any atom is 0.177 e. The molecule has 0 amide bonds. The average molecular weight is 581 g/mol. The SMILES string of the molecule is C1CCNC1.CC.CC(=O)C(=N)c1ccc(C)cc1.CC1CC1.COC.Cc1nc(CN2CCOCC2)cs1.O. The van der Waals surface area contributed by atoms with Crippen LogP contribution in [0.2, 0.25) is 0 Å². The Hall–Kier alpha value is -2.01. The number of rotatable bonds is 4. The van der Waals surface area contributed by atoms with Gasteiger partial charge in [0.2, 0.25) is 0 Å². The van der Waals surface area contributed by atoms with E-state index in [-0.39, 0.29) is 17.0 Å². The fourth-order valence-electron chi connectivity index (χ4n) is 3.18. The summed E-state index contributed by atoms with van der Waals surface area (Å²) >= 11 is 1.72. The summed E-state index contributed by atoms with van der Waals surface area (Å²) in [5, 5.41) is 13.9. The molecule has 3 aliphatic rings. The standard InChI is InChI=1S/C10H11NO.C9H14N2OS.C4H9N.C4H8.C2H6O.C2H6.H2O/c1-7-3-5-9(6-4-7)10(11)8(2)12;1-8-10-9(7-13-8)6-11-2-4-12-5-3-11;1-2-4-5-3-1;1-4-2-3-4;1-3-2;1-2;/h3-6,11H,1-2H3;7H,2-6H2,1H3;5H,1-4H2;4H,2-3H2,1H3;1-2H3;1-2H3;1H2. The Labute approximate surface area is 247 Å². The van der Waals surface area contributed by atoms with Crippen LogP contribution in [0, 0.1) is 25.2 Å². The number of hydrogen-bond donors (Lipinski definition) is 2. The highest BCUT2D eigenvalue weighted by Gasteiger charge is 2.13. The lowest BCUT2D eigenvalue weighted by molar-refractivity contribution is -0.111. The van der Waals surface area contributed by atoms with Gasteiger partial charge in [-0.05, 0) is 45.7 Å². The highest BCUT2D eigenvalue weighted by molar-refractivity contribution is 7.09. The second-order valence-corrected chi connectivity index (χ2v) is 10.7. The van der Waals surface area contributed by atoms with Gasteiger partial charge in [-0.15, -0.1) is 11.3 Å². The number of carbonyl (C=O) groups excluding carboxylic acids is 1. The van der Waals surface area contributed by atoms with Crippen LogP contribution in [-0.4, -0.2) is 80.5 Å². The number of methoxy groups -OCH3 is 1. The molecule has 1 aliphatic carbocycles. The van der Waals surface area contributed by atoms with E-state index in [2.05, 4.69) is 32.2 Å². The van der Waals surface area contributed by atoms with Crippen LogP contribution in [0.25, 0.3) is 0 Å². The van der Waals surface area contributed by atoms with Crippen molar-refractivity contribution in [3.63, 3.8) is 0 Å². The molecule has 1 saturated carbocycles. The van der Waals surface area contributed by atoms with Crippen LogP contribution < -0.4 is 5.32 Å². The molecule has 1 aromatic carbocycles. The van der Waals surface area contributed by atoms with Gasteiger partial charge in [0.15, 0.2) is 5.78 Å². The molecule has 9 heteroatoms. The maximum atomic E-state index is 10.8. The lowest BCUT2D eigenvalue weighted by Gasteiger charge is -2.25. The number of morpholine rings is 1. The molecule has 1 aromatic heterocycles. The number of Topliss-reactive ketones (excluding diaryl/α,β-unsaturated/α-hetero) is 1. The van der Waals surface area contributed by atoms with E-state index in [1.807, 2.05) is 39.8 Å². The third kappa shape index (κ3) is 21.8. The van der Waals surface area contributed by atoms with E-state index in [1.165, 1.54) is 51.4 Å². The number of hydrogen-bond acceptors (Lipinski definition) is 8. The number of nitrogens with zero attached hydrogens (tertiary/aromatic N) is 2. The van der Waals surface area contributed by atoms with E-state index in [0.717, 1.165) is 49.3 Å². The molecule has 2 aliphatic heterocycles. The summed E-state index contributed by atoms with van der Waals surface area (Å²) in [7, 11) is 3.25. The maximum absolute atomic E-state index is 10.8. The van der Waals surface area contributed by atoms with E-state index < -0.39 is 0 Å². The van der Waals surface area contributed by atoms with E-state index in [0.29, 0.717) is 5.56 Å². The Balaban J connectivity index is 0. The minimum Gasteiger partial charge on any atom is -0.412 e. The van der Waals surface area contributed by atoms with Crippen molar-refractivity contribution in [1.29, 1.82) is 5.41 Å². The molecule has 230 valence electrons. The highest BCUT2D eigenvalue weighted by atomic mass is 32.1. The summed E-state index contributed by atoms with van der Waals surface area (Å²) in [6.45, 7) is 19.0. The van der Waals surface area contributed by atoms with Crippen LogP contribution in [-0.2, 0) is 20.8 Å². The number of aryl methyl sites for hydroxylation is 2. The van der Waals surface area contributed by atoms with Gasteiger partial charge in [0, 0.05) is 51.7 Å². The van der Waals surface area contributed by atoms with Gasteiger partial charge in [0.05, 0.1) is 23.9 Å². The van der Waals surface area contributed by atoms with E-state index >= 15 is 0 Å². The van der Waals surface area contributed by atoms with E-state index in [4.69, 9.17) is 10.1 Å². The second kappa shape index (κ2) is 25.9. The summed E-state index contributed by atoms with van der Waals surface area (Å²) in [6.07, 6.45) is 5.75. The molecule has 0 bridgehead atoms. The van der Waals surface area contributed by atoms with Gasteiger partial charge in [-0.3, -0.25) is 15.1 Å². The topological polar surface area (TPSA) is 119 Å². The van der Waals surface area contributed by atoms with Crippen LogP contribution in [0.15, 0.2) is 29.6 Å². The minimum atomic E-state index is -0.196. The number of aromatic nitrogens is 1. The van der Waals surface area contributed by atoms with Crippen molar-refractivity contribution < 1.29 is 19.7 Å². The molecule has 0 atom stereocenters. The fraction of sp³-hybridized carbons (Fsp3) is 0.645. The van der Waals surface area contributed by atoms with E-state index in [1.54, 1.807) is 37.7 Å². The Morgan fingerprint density at radius 3 is 1.95 bits per heavy atom. The van der Waals surface area contributed by atoms with Gasteiger partial charge in [-0.2, -0.15) is 0 Å². The number of thiazole rings is 1. The summed E-state index contributed by atoms with van der Waals surface area (Å²) < 4.78 is 9.53. The number of ketones is 1. The molecule has 3 heterocycles. The third-order valence-electron chi connectivity index (χ3n) is 5.67. The first-order chi connectivity index (χ1) is 18.8. The molecule has 5 rings (SSSR count). The highest BCUT2D eigenvalue weighted by Crippen LogP contribution is 2.26. The predicted molar refractivity (Wildman–Crippen MR) is 170 cm³/mol. The van der Waals surface area contributed by atoms with Gasteiger partial charge in [-0.1, -0.05) is 63.4 Å². The molecule has 0 radical (unpaired) electrons. The molecular weight excluding hydrogens is 524 g/mol. The number of nitrogens with one attached hydrogen (secondary N) is 2. The van der Waals surface area contributed by atoms with E-state index in [9.17, 15) is 4.79 Å². The number of benzene rings is 1. The number of ether oxygens (including phenoxy) is 2. The molecule has 2 aromatic rings. The minimum absolute atomic E-state index is 0. The molecule has 2 saturated heterocycles. The third-order valence-corrected chi connectivity index (χ3v) is 6.49. The predicted octanol–water partition coefficient (Wildman–Crippen LogP) is 5.49. The zero-order valence-corrected chi connectivity index (χ0v) is 27.1. The first-order valence-corrected chi connectivity index (χ1v) is 15.1. The summed E-state index contributed by atoms with van der Waals surface area (Å²) in [5.41, 5.74) is 3.10. The largest absolute Gasteiger partial charge is 0.412 e. The Kier molecular flexibility index (Phi) is 26.0. The zero-order chi connectivity index (χ0) is 29.5. The van der Waals surface area contributed by atoms with Crippen LogP contribution >= 0.6 is 11.3 Å². The van der Waals surface area contributed by atoms with Crippen LogP contribution in [0.3, 0.4) is 0 Å². The summed E-state index contributed by atoms with van der Waals surface area (Å²) in [6, 6.07) is 7.37. The molecule has 40 heavy (non-hydrogen) atoms. The Bertz CT molecular complexity index is 868. The van der Waals surface area contributed by atoms with Crippen LogP contribution in [0.4, 0.5) is 0 Å². The lowest BCUT2D eigenvalue weighted by atomic mass is 10.1. The Morgan fingerprint density at radius 2 is 1.60 bits per heavy atom. The van der Waals surface area contributed by atoms with Crippen molar-refractivity contribution in [3.05, 3.63) is 51.5 Å². The van der Waals surface area contributed by atoms with Crippen molar-refractivity contribution in [3.8, 4) is 0 Å². The molecule has 0 unspecified atom stereocenters. The molecule has 4 N–H and O–H groups in total. The van der Waals surface area contributed by atoms with Crippen molar-refractivity contribution in [2.24, 2.45) is 5.92 Å². The molecule has 0 spiro atoms. The fourth-order valence-corrected chi connectivity index (χ4v) is 3.79. The van der Waals surface area contributed by atoms with Crippen molar-refractivity contribution in [2.75, 3.05) is 53.6 Å². The van der Waals surface area contributed by atoms with Gasteiger partial charge < -0.3 is 20.3 Å². The first-order valence-electron chi connectivity index (χ1n) is 14.2. The molecule has 3 fully saturated rings. The van der Waals surface area contributed by atoms with Crippen molar-refractivity contribution in [2.45, 2.75) is 73.8 Å². The summed E-state index contributed by atoms with van der Waals surface area (Å²) in [4.78, 5) is 17.6. The summed E-state index contributed by atoms with van der Waals surface area (Å²) in [5.74, 6) is 0.888. The van der Waals surface area contributed by atoms with Gasteiger partial charge in [0.25, 0.3) is 0 Å². The number of carbonyl (C=O) groups is 1. The molecular formula is C31H56N4O4S. The smallest absolute Gasteiger partial charge is 0.177 e.